The highest BCUT2D eigenvalue weighted by Crippen LogP contribution is 2.42. The Labute approximate surface area is 169 Å². The minimum atomic E-state index is 0.561. The maximum absolute atomic E-state index is 5.51. The summed E-state index contributed by atoms with van der Waals surface area (Å²) >= 11 is 0. The van der Waals surface area contributed by atoms with Crippen LogP contribution < -0.4 is 18.9 Å². The van der Waals surface area contributed by atoms with Gasteiger partial charge in [0.1, 0.15) is 11.4 Å². The van der Waals surface area contributed by atoms with Gasteiger partial charge >= 0.3 is 0 Å². The van der Waals surface area contributed by atoms with E-state index in [9.17, 15) is 0 Å². The third kappa shape index (κ3) is 3.33. The van der Waals surface area contributed by atoms with Gasteiger partial charge in [-0.05, 0) is 42.0 Å². The third-order valence-electron chi connectivity index (χ3n) is 4.82. The van der Waals surface area contributed by atoms with Crippen molar-refractivity contribution < 1.29 is 18.9 Å². The first-order valence-corrected chi connectivity index (χ1v) is 9.11. The Hall–Kier alpha value is -3.67. The lowest BCUT2D eigenvalue weighted by molar-refractivity contribution is 0.324. The summed E-state index contributed by atoms with van der Waals surface area (Å²) in [6.45, 7) is 0. The van der Waals surface area contributed by atoms with Gasteiger partial charge in [0.25, 0.3) is 0 Å². The van der Waals surface area contributed by atoms with Crippen LogP contribution in [0.2, 0.25) is 0 Å². The van der Waals surface area contributed by atoms with E-state index in [1.54, 1.807) is 28.4 Å². The van der Waals surface area contributed by atoms with E-state index in [4.69, 9.17) is 23.9 Å². The summed E-state index contributed by atoms with van der Waals surface area (Å²) in [5.41, 5.74) is 4.57. The lowest BCUT2D eigenvalue weighted by Gasteiger charge is -2.14. The Morgan fingerprint density at radius 3 is 2.17 bits per heavy atom. The largest absolute Gasteiger partial charge is 0.497 e. The van der Waals surface area contributed by atoms with Crippen molar-refractivity contribution in [2.45, 2.75) is 0 Å². The summed E-state index contributed by atoms with van der Waals surface area (Å²) < 4.78 is 23.8. The highest BCUT2D eigenvalue weighted by molar-refractivity contribution is 5.82. The van der Waals surface area contributed by atoms with Crippen LogP contribution in [0, 0.1) is 0 Å². The molecular weight excluding hydrogens is 368 g/mol. The van der Waals surface area contributed by atoms with Crippen molar-refractivity contribution in [2.24, 2.45) is 0 Å². The lowest BCUT2D eigenvalue weighted by atomic mass is 10.1. The first kappa shape index (κ1) is 18.7. The quantitative estimate of drug-likeness (QED) is 0.478. The van der Waals surface area contributed by atoms with Gasteiger partial charge in [-0.2, -0.15) is 0 Å². The van der Waals surface area contributed by atoms with Gasteiger partial charge in [-0.25, -0.2) is 4.98 Å². The van der Waals surface area contributed by atoms with Gasteiger partial charge in [-0.15, -0.1) is 0 Å². The molecule has 2 aromatic carbocycles. The van der Waals surface area contributed by atoms with Crippen LogP contribution in [0.25, 0.3) is 28.0 Å². The van der Waals surface area contributed by atoms with Crippen LogP contribution in [0.5, 0.6) is 23.0 Å². The average molecular weight is 390 g/mol. The minimum absolute atomic E-state index is 0.561. The van der Waals surface area contributed by atoms with E-state index in [2.05, 4.69) is 0 Å². The fourth-order valence-electron chi connectivity index (χ4n) is 3.40. The van der Waals surface area contributed by atoms with Crippen LogP contribution in [0.15, 0.2) is 60.9 Å². The van der Waals surface area contributed by atoms with Crippen LogP contribution >= 0.6 is 0 Å². The number of pyridine rings is 1. The number of nitrogens with zero attached hydrogens (tertiary/aromatic N) is 2. The highest BCUT2D eigenvalue weighted by atomic mass is 16.5. The van der Waals surface area contributed by atoms with E-state index in [1.165, 1.54) is 0 Å². The van der Waals surface area contributed by atoms with Crippen LogP contribution in [-0.4, -0.2) is 37.8 Å². The maximum atomic E-state index is 5.51. The van der Waals surface area contributed by atoms with Crippen molar-refractivity contribution in [3.63, 3.8) is 0 Å². The van der Waals surface area contributed by atoms with Crippen LogP contribution in [0.3, 0.4) is 0 Å². The third-order valence-corrected chi connectivity index (χ3v) is 4.82. The Morgan fingerprint density at radius 2 is 1.52 bits per heavy atom. The molecule has 0 radical (unpaired) electrons. The minimum Gasteiger partial charge on any atom is -0.497 e. The molecule has 0 aliphatic rings. The second-order valence-electron chi connectivity index (χ2n) is 6.42. The molecule has 2 heterocycles. The smallest absolute Gasteiger partial charge is 0.203 e. The van der Waals surface area contributed by atoms with Crippen molar-refractivity contribution in [1.29, 1.82) is 0 Å². The number of benzene rings is 2. The molecule has 0 fully saturated rings. The van der Waals surface area contributed by atoms with E-state index >= 15 is 0 Å². The van der Waals surface area contributed by atoms with Crippen LogP contribution in [-0.2, 0) is 0 Å². The monoisotopic (exact) mass is 390 g/mol. The number of aromatic nitrogens is 2. The Kier molecular flexibility index (Phi) is 4.99. The first-order chi connectivity index (χ1) is 14.2. The standard InChI is InChI=1S/C23H22N2O4/c1-26-17-8-5-7-15(11-17)19-14-25-10-6-9-18(23(25)24-19)16-12-20(27-2)22(29-4)21(13-16)28-3/h5-14H,1-4H3. The summed E-state index contributed by atoms with van der Waals surface area (Å²) in [5, 5.41) is 0. The van der Waals surface area contributed by atoms with E-state index < -0.39 is 0 Å². The molecule has 0 atom stereocenters. The number of imidazole rings is 1. The number of methoxy groups -OCH3 is 4. The topological polar surface area (TPSA) is 54.2 Å². The second kappa shape index (κ2) is 7.75. The summed E-state index contributed by atoms with van der Waals surface area (Å²) in [7, 11) is 6.47. The molecule has 4 rings (SSSR count). The van der Waals surface area contributed by atoms with Crippen molar-refractivity contribution in [2.75, 3.05) is 28.4 Å². The number of fused-ring (bicyclic) bond motifs is 1. The molecule has 0 amide bonds. The van der Waals surface area contributed by atoms with Crippen molar-refractivity contribution in [1.82, 2.24) is 9.38 Å². The van der Waals surface area contributed by atoms with Gasteiger partial charge in [0.15, 0.2) is 11.5 Å². The summed E-state index contributed by atoms with van der Waals surface area (Å²) in [6.07, 6.45) is 3.99. The molecule has 0 saturated heterocycles. The molecule has 4 aromatic rings. The zero-order valence-electron chi connectivity index (χ0n) is 16.8. The Bertz CT molecular complexity index is 1140. The zero-order chi connectivity index (χ0) is 20.4. The van der Waals surface area contributed by atoms with Crippen LogP contribution in [0.1, 0.15) is 0 Å². The fraction of sp³-hybridized carbons (Fsp3) is 0.174. The van der Waals surface area contributed by atoms with E-state index in [0.29, 0.717) is 17.2 Å². The van der Waals surface area contributed by atoms with Gasteiger partial charge in [-0.3, -0.25) is 0 Å². The van der Waals surface area contributed by atoms with Gasteiger partial charge in [-0.1, -0.05) is 12.1 Å². The molecule has 0 unspecified atom stereocenters. The van der Waals surface area contributed by atoms with Crippen molar-refractivity contribution in [3.05, 3.63) is 60.9 Å². The molecule has 2 aromatic heterocycles. The Balaban J connectivity index is 1.88. The van der Waals surface area contributed by atoms with Gasteiger partial charge in [0.05, 0.1) is 34.1 Å². The summed E-state index contributed by atoms with van der Waals surface area (Å²) in [5.74, 6) is 2.56. The molecule has 0 bridgehead atoms. The van der Waals surface area contributed by atoms with E-state index in [1.807, 2.05) is 65.3 Å². The van der Waals surface area contributed by atoms with Crippen molar-refractivity contribution in [3.8, 4) is 45.4 Å². The molecule has 6 nitrogen and oxygen atoms in total. The summed E-state index contributed by atoms with van der Waals surface area (Å²) in [6, 6.07) is 15.7. The number of ether oxygens (including phenoxy) is 4. The molecule has 0 N–H and O–H groups in total. The number of hydrogen-bond acceptors (Lipinski definition) is 5. The average Bonchev–Trinajstić information content (AvgIpc) is 3.22. The number of rotatable bonds is 6. The fourth-order valence-corrected chi connectivity index (χ4v) is 3.40. The molecule has 0 aliphatic heterocycles. The maximum Gasteiger partial charge on any atom is 0.203 e. The first-order valence-electron chi connectivity index (χ1n) is 9.11. The van der Waals surface area contributed by atoms with Gasteiger partial charge < -0.3 is 23.3 Å². The van der Waals surface area contributed by atoms with Gasteiger partial charge in [0.2, 0.25) is 5.75 Å². The predicted octanol–water partition coefficient (Wildman–Crippen LogP) is 4.70. The van der Waals surface area contributed by atoms with Gasteiger partial charge in [0, 0.05) is 23.5 Å². The molecular formula is C23H22N2O4. The normalized spacial score (nSPS) is 10.8. The van der Waals surface area contributed by atoms with E-state index in [0.717, 1.165) is 33.8 Å². The highest BCUT2D eigenvalue weighted by Gasteiger charge is 2.17. The molecule has 6 heteroatoms. The van der Waals surface area contributed by atoms with Crippen LogP contribution in [0.4, 0.5) is 0 Å². The number of hydrogen-bond donors (Lipinski definition) is 0. The zero-order valence-corrected chi connectivity index (χ0v) is 16.8. The Morgan fingerprint density at radius 1 is 0.759 bits per heavy atom. The molecule has 0 saturated carbocycles. The molecule has 0 aliphatic carbocycles. The molecule has 148 valence electrons. The predicted molar refractivity (Wildman–Crippen MR) is 112 cm³/mol. The molecule has 0 spiro atoms. The summed E-state index contributed by atoms with van der Waals surface area (Å²) in [4.78, 5) is 4.88. The lowest BCUT2D eigenvalue weighted by Crippen LogP contribution is -1.96. The second-order valence-corrected chi connectivity index (χ2v) is 6.42. The molecule has 29 heavy (non-hydrogen) atoms. The van der Waals surface area contributed by atoms with E-state index in [-0.39, 0.29) is 0 Å². The van der Waals surface area contributed by atoms with Crippen molar-refractivity contribution >= 4 is 5.65 Å². The SMILES string of the molecule is COc1cccc(-c2cn3cccc(-c4cc(OC)c(OC)c(OC)c4)c3n2)c1.